The van der Waals surface area contributed by atoms with Crippen molar-refractivity contribution >= 4 is 0 Å². The Hall–Kier alpha value is 1.96. The first-order valence-corrected chi connectivity index (χ1v) is 0. The van der Waals surface area contributed by atoms with Gasteiger partial charge in [0.1, 0.15) is 0 Å². The zero-order valence-corrected chi connectivity index (χ0v) is 6.20. The fraction of sp³-hybridized carbons (Fsp3) is 0. The molecule has 0 amide bonds. The second-order valence-electron chi connectivity index (χ2n) is 0. The Morgan fingerprint density at radius 3 is 0.429 bits per heavy atom. The monoisotopic (exact) mass is 300 g/mol. The Labute approximate surface area is 84.2 Å². The molecule has 0 atom stereocenters. The van der Waals surface area contributed by atoms with E-state index in [0.717, 1.165) is 0 Å². The first-order chi connectivity index (χ1) is 0. The van der Waals surface area contributed by atoms with Crippen molar-refractivity contribution in [2.45, 2.75) is 0 Å². The van der Waals surface area contributed by atoms with Crippen molar-refractivity contribution in [2.75, 3.05) is 0 Å². The summed E-state index contributed by atoms with van der Waals surface area (Å²) in [5.41, 5.74) is 0. The van der Waals surface area contributed by atoms with Crippen LogP contribution in [0.2, 0.25) is 0 Å². The average Bonchev–Trinajstić information content (AvgIpc) is 0. The molecule has 0 unspecified atom stereocenters. The van der Waals surface area contributed by atoms with Gasteiger partial charge in [-0.1, -0.05) is 0 Å². The molecule has 0 spiro atoms. The van der Waals surface area contributed by atoms with E-state index >= 15 is 0 Å². The average molecular weight is 302 g/mol. The van der Waals surface area contributed by atoms with Gasteiger partial charge in [-0.3, -0.25) is 0 Å². The first kappa shape index (κ1) is 148. The van der Waals surface area contributed by atoms with Crippen LogP contribution in [-0.2, 0) is 84.7 Å². The molecule has 7 heavy (non-hydrogen) atoms. The summed E-state index contributed by atoms with van der Waals surface area (Å²) >= 11 is 0. The van der Waals surface area contributed by atoms with Crippen LogP contribution < -0.4 is 0 Å². The summed E-state index contributed by atoms with van der Waals surface area (Å²) in [6.45, 7) is 0. The summed E-state index contributed by atoms with van der Waals surface area (Å²) in [7, 11) is 0. The molecule has 0 aliphatic rings. The molecule has 62 valence electrons. The predicted molar refractivity (Wildman–Crippen MR) is 2.06 cm³/mol. The molecule has 3 nitrogen and oxygen atoms in total. The molecule has 0 saturated heterocycles. The van der Waals surface area contributed by atoms with Crippen molar-refractivity contribution < 1.29 is 84.7 Å². The van der Waals surface area contributed by atoms with Gasteiger partial charge in [0, 0.05) is 0 Å². The topological polar surface area (TPSA) is 85.5 Å². The first-order valence-electron chi connectivity index (χ1n) is 0. The van der Waals surface area contributed by atoms with Crippen LogP contribution in [-0.4, -0.2) is 0 Å². The van der Waals surface area contributed by atoms with Gasteiger partial charge in [0.05, 0.1) is 0 Å². The van der Waals surface area contributed by atoms with E-state index in [2.05, 4.69) is 0 Å². The molecule has 0 bridgehead atoms. The summed E-state index contributed by atoms with van der Waals surface area (Å²) < 4.78 is 0. The van der Waals surface area contributed by atoms with Gasteiger partial charge < -0.3 is 16.4 Å². The zero-order chi connectivity index (χ0) is 0. The third-order valence-corrected chi connectivity index (χ3v) is 0. The Bertz CT molecular complexity index is 6.90. The Balaban J connectivity index is 0. The molecule has 0 N–H and O–H groups in total. The van der Waals surface area contributed by atoms with Gasteiger partial charge in [0.2, 0.25) is 0 Å². The van der Waals surface area contributed by atoms with E-state index in [1.807, 2.05) is 0 Å². The SMILES string of the molecule is [Cu+2].[Cu+2].[Cu+].[Cu+].[O-2].[O-2].[O-2]. The van der Waals surface area contributed by atoms with Crippen molar-refractivity contribution in [1.29, 1.82) is 0 Å². The summed E-state index contributed by atoms with van der Waals surface area (Å²) in [5, 5.41) is 0. The van der Waals surface area contributed by atoms with E-state index < -0.39 is 0 Å². The molecule has 0 saturated carbocycles. The normalized spacial score (nSPS) is 0. The quantitative estimate of drug-likeness (QED) is 0.547. The number of rotatable bonds is 0. The standard InChI is InChI=1S/4Cu.3O/q2*+1;2*+2;3*-2. The van der Waals surface area contributed by atoms with Gasteiger partial charge in [-0.25, -0.2) is 0 Å². The van der Waals surface area contributed by atoms with Gasteiger partial charge in [-0.15, -0.1) is 0 Å². The molecular formula is Cu4O3. The van der Waals surface area contributed by atoms with Crippen molar-refractivity contribution in [3.8, 4) is 0 Å². The van der Waals surface area contributed by atoms with E-state index in [-0.39, 0.29) is 84.7 Å². The molecule has 0 aromatic rings. The van der Waals surface area contributed by atoms with Crippen molar-refractivity contribution in [3.05, 3.63) is 0 Å². The molecule has 0 aromatic heterocycles. The van der Waals surface area contributed by atoms with Crippen LogP contribution in [0.15, 0.2) is 0 Å². The van der Waals surface area contributed by atoms with Gasteiger partial charge >= 0.3 is 68.3 Å². The van der Waals surface area contributed by atoms with Gasteiger partial charge in [0.25, 0.3) is 0 Å². The van der Waals surface area contributed by atoms with Gasteiger partial charge in [0.15, 0.2) is 0 Å². The Morgan fingerprint density at radius 1 is 0.429 bits per heavy atom. The molecule has 0 heterocycles. The minimum atomic E-state index is 0. The molecule has 2 radical (unpaired) electrons. The van der Waals surface area contributed by atoms with Crippen molar-refractivity contribution in [3.63, 3.8) is 0 Å². The smallest absolute Gasteiger partial charge is 2.00 e. The predicted octanol–water partition coefficient (Wildman–Crippen LogP) is -0.366. The van der Waals surface area contributed by atoms with Crippen LogP contribution in [0.3, 0.4) is 0 Å². The van der Waals surface area contributed by atoms with E-state index in [1.165, 1.54) is 0 Å². The maximum atomic E-state index is 0. The number of hydrogen-bond acceptors (Lipinski definition) is 0. The van der Waals surface area contributed by atoms with E-state index in [1.54, 1.807) is 0 Å². The zero-order valence-electron chi connectivity index (χ0n) is 2.43. The fourth-order valence-corrected chi connectivity index (χ4v) is 0. The Kier molecular flexibility index (Phi) is 2120. The third kappa shape index (κ3) is 73.7. The fourth-order valence-electron chi connectivity index (χ4n) is 0. The molecule has 0 rings (SSSR count). The Morgan fingerprint density at radius 2 is 0.429 bits per heavy atom. The summed E-state index contributed by atoms with van der Waals surface area (Å²) in [5.74, 6) is 0. The van der Waals surface area contributed by atoms with Crippen LogP contribution in [0.25, 0.3) is 0 Å². The third-order valence-electron chi connectivity index (χ3n) is 0. The molecule has 7 heteroatoms. The van der Waals surface area contributed by atoms with Gasteiger partial charge in [-0.05, 0) is 0 Å². The maximum absolute atomic E-state index is 0. The van der Waals surface area contributed by atoms with Crippen LogP contribution in [0.1, 0.15) is 0 Å². The van der Waals surface area contributed by atoms with Crippen LogP contribution >= 0.6 is 0 Å². The molecular weight excluding hydrogens is 302 g/mol. The second kappa shape index (κ2) is 101. The van der Waals surface area contributed by atoms with Crippen LogP contribution in [0, 0.1) is 0 Å². The maximum Gasteiger partial charge on any atom is 2.00 e. The van der Waals surface area contributed by atoms with Gasteiger partial charge in [-0.2, -0.15) is 0 Å². The van der Waals surface area contributed by atoms with E-state index in [4.69, 9.17) is 0 Å². The van der Waals surface area contributed by atoms with Crippen LogP contribution in [0.5, 0.6) is 0 Å². The summed E-state index contributed by atoms with van der Waals surface area (Å²) in [6.07, 6.45) is 0. The van der Waals surface area contributed by atoms with Crippen molar-refractivity contribution in [1.82, 2.24) is 0 Å². The van der Waals surface area contributed by atoms with Crippen molar-refractivity contribution in [2.24, 2.45) is 0 Å². The largest absolute Gasteiger partial charge is 2.00 e. The molecule has 0 aliphatic carbocycles. The van der Waals surface area contributed by atoms with E-state index in [9.17, 15) is 0 Å². The molecule has 0 fully saturated rings. The minimum absolute atomic E-state index is 0. The molecule has 0 aromatic carbocycles. The number of hydrogen-bond donors (Lipinski definition) is 0. The molecule has 0 aliphatic heterocycles. The summed E-state index contributed by atoms with van der Waals surface area (Å²) in [4.78, 5) is 0. The van der Waals surface area contributed by atoms with Crippen LogP contribution in [0.4, 0.5) is 0 Å². The second-order valence-corrected chi connectivity index (χ2v) is 0. The minimum Gasteiger partial charge on any atom is -2.00 e. The summed E-state index contributed by atoms with van der Waals surface area (Å²) in [6, 6.07) is 0. The van der Waals surface area contributed by atoms with E-state index in [0.29, 0.717) is 0 Å².